The lowest BCUT2D eigenvalue weighted by molar-refractivity contribution is -0.128. The Balaban J connectivity index is 1.50. The number of rotatable bonds is 9. The summed E-state index contributed by atoms with van der Waals surface area (Å²) in [6.07, 6.45) is 0.0360. The molecule has 3 rings (SSSR count). The van der Waals surface area contributed by atoms with Gasteiger partial charge >= 0.3 is 0 Å². The minimum atomic E-state index is -0.543. The van der Waals surface area contributed by atoms with Gasteiger partial charge in [0.05, 0.1) is 0 Å². The highest BCUT2D eigenvalue weighted by atomic mass is 19.1. The standard InChI is InChI=1S/C26H28FNO3/c1-4-24(31-25-7-5-6-18(2)19(25)3)26(29)28-16-20-10-14-23(15-11-20)30-17-21-8-12-22(27)13-9-21/h5-15,24H,4,16-17H2,1-3H3,(H,28,29)/t24-/m1/s1. The second-order valence-electron chi connectivity index (χ2n) is 7.49. The molecule has 0 spiro atoms. The van der Waals surface area contributed by atoms with Gasteiger partial charge in [0, 0.05) is 6.54 Å². The van der Waals surface area contributed by atoms with E-state index in [2.05, 4.69) is 5.32 Å². The summed E-state index contributed by atoms with van der Waals surface area (Å²) in [5.41, 5.74) is 4.04. The molecule has 0 radical (unpaired) electrons. The van der Waals surface area contributed by atoms with Crippen molar-refractivity contribution in [2.45, 2.75) is 46.4 Å². The van der Waals surface area contributed by atoms with Crippen LogP contribution in [-0.2, 0) is 17.9 Å². The molecular weight excluding hydrogens is 393 g/mol. The van der Waals surface area contributed by atoms with Crippen LogP contribution in [-0.4, -0.2) is 12.0 Å². The minimum absolute atomic E-state index is 0.139. The Morgan fingerprint density at radius 3 is 2.32 bits per heavy atom. The number of hydrogen-bond donors (Lipinski definition) is 1. The molecule has 0 aromatic heterocycles. The molecule has 0 heterocycles. The lowest BCUT2D eigenvalue weighted by Gasteiger charge is -2.19. The van der Waals surface area contributed by atoms with Gasteiger partial charge < -0.3 is 14.8 Å². The molecular formula is C26H28FNO3. The van der Waals surface area contributed by atoms with Crippen molar-refractivity contribution >= 4 is 5.91 Å². The molecule has 3 aromatic rings. The highest BCUT2D eigenvalue weighted by Gasteiger charge is 2.19. The summed E-state index contributed by atoms with van der Waals surface area (Å²) in [5.74, 6) is 1.05. The highest BCUT2D eigenvalue weighted by Crippen LogP contribution is 2.22. The maximum atomic E-state index is 13.0. The predicted octanol–water partition coefficient (Wildman–Crippen LogP) is 5.50. The molecule has 1 amide bonds. The van der Waals surface area contributed by atoms with Crippen LogP contribution in [0.15, 0.2) is 66.7 Å². The number of carbonyl (C=O) groups is 1. The molecule has 0 unspecified atom stereocenters. The van der Waals surface area contributed by atoms with Gasteiger partial charge in [-0.3, -0.25) is 4.79 Å². The summed E-state index contributed by atoms with van der Waals surface area (Å²) in [4.78, 5) is 12.6. The molecule has 0 aliphatic rings. The summed E-state index contributed by atoms with van der Waals surface area (Å²) in [6.45, 7) is 6.72. The fraction of sp³-hybridized carbons (Fsp3) is 0.269. The molecule has 5 heteroatoms. The van der Waals surface area contributed by atoms with E-state index in [1.165, 1.54) is 12.1 Å². The van der Waals surface area contributed by atoms with E-state index < -0.39 is 6.10 Å². The fourth-order valence-corrected chi connectivity index (χ4v) is 3.08. The van der Waals surface area contributed by atoms with E-state index in [-0.39, 0.29) is 11.7 Å². The largest absolute Gasteiger partial charge is 0.489 e. The Bertz CT molecular complexity index is 1000. The Hall–Kier alpha value is -3.34. The maximum Gasteiger partial charge on any atom is 0.261 e. The lowest BCUT2D eigenvalue weighted by atomic mass is 10.1. The average molecular weight is 422 g/mol. The zero-order valence-electron chi connectivity index (χ0n) is 18.2. The number of halogens is 1. The van der Waals surface area contributed by atoms with Crippen LogP contribution >= 0.6 is 0 Å². The van der Waals surface area contributed by atoms with Crippen LogP contribution in [0.3, 0.4) is 0 Å². The SMILES string of the molecule is CC[C@@H](Oc1cccc(C)c1C)C(=O)NCc1ccc(OCc2ccc(F)cc2)cc1. The quantitative estimate of drug-likeness (QED) is 0.497. The lowest BCUT2D eigenvalue weighted by Crippen LogP contribution is -2.37. The van der Waals surface area contributed by atoms with E-state index in [0.29, 0.717) is 25.3 Å². The van der Waals surface area contributed by atoms with Crippen LogP contribution in [0.4, 0.5) is 4.39 Å². The third-order valence-corrected chi connectivity index (χ3v) is 5.20. The van der Waals surface area contributed by atoms with Crippen molar-refractivity contribution in [3.8, 4) is 11.5 Å². The molecule has 3 aromatic carbocycles. The minimum Gasteiger partial charge on any atom is -0.489 e. The van der Waals surface area contributed by atoms with Gasteiger partial charge in [-0.1, -0.05) is 43.3 Å². The first-order valence-corrected chi connectivity index (χ1v) is 10.4. The first kappa shape index (κ1) is 22.3. The van der Waals surface area contributed by atoms with E-state index in [9.17, 15) is 9.18 Å². The van der Waals surface area contributed by atoms with Crippen molar-refractivity contribution in [1.82, 2.24) is 5.32 Å². The Kier molecular flexibility index (Phi) is 7.65. The summed E-state index contributed by atoms with van der Waals surface area (Å²) in [5, 5.41) is 2.95. The van der Waals surface area contributed by atoms with Crippen molar-refractivity contribution in [1.29, 1.82) is 0 Å². The molecule has 0 saturated carbocycles. The number of nitrogens with one attached hydrogen (secondary N) is 1. The molecule has 31 heavy (non-hydrogen) atoms. The van der Waals surface area contributed by atoms with Gasteiger partial charge in [-0.15, -0.1) is 0 Å². The first-order chi connectivity index (χ1) is 15.0. The van der Waals surface area contributed by atoms with E-state index in [4.69, 9.17) is 9.47 Å². The zero-order valence-corrected chi connectivity index (χ0v) is 18.2. The Labute approximate surface area is 183 Å². The van der Waals surface area contributed by atoms with Gasteiger partial charge in [0.2, 0.25) is 0 Å². The van der Waals surface area contributed by atoms with E-state index >= 15 is 0 Å². The summed E-state index contributed by atoms with van der Waals surface area (Å²) in [7, 11) is 0. The topological polar surface area (TPSA) is 47.6 Å². The molecule has 162 valence electrons. The Morgan fingerprint density at radius 2 is 1.65 bits per heavy atom. The van der Waals surface area contributed by atoms with Crippen LogP contribution in [0, 0.1) is 19.7 Å². The van der Waals surface area contributed by atoms with Crippen LogP contribution < -0.4 is 14.8 Å². The van der Waals surface area contributed by atoms with Gasteiger partial charge in [0.15, 0.2) is 6.10 Å². The molecule has 1 N–H and O–H groups in total. The first-order valence-electron chi connectivity index (χ1n) is 10.4. The molecule has 0 aliphatic carbocycles. The van der Waals surface area contributed by atoms with Crippen LogP contribution in [0.2, 0.25) is 0 Å². The Morgan fingerprint density at radius 1 is 0.968 bits per heavy atom. The number of benzene rings is 3. The molecule has 4 nitrogen and oxygen atoms in total. The molecule has 0 aliphatic heterocycles. The summed E-state index contributed by atoms with van der Waals surface area (Å²) >= 11 is 0. The van der Waals surface area contributed by atoms with Crippen LogP contribution in [0.1, 0.15) is 35.6 Å². The third-order valence-electron chi connectivity index (χ3n) is 5.20. The van der Waals surface area contributed by atoms with Gasteiger partial charge in [-0.2, -0.15) is 0 Å². The highest BCUT2D eigenvalue weighted by molar-refractivity contribution is 5.81. The second kappa shape index (κ2) is 10.6. The third kappa shape index (κ3) is 6.32. The zero-order chi connectivity index (χ0) is 22.2. The predicted molar refractivity (Wildman–Crippen MR) is 120 cm³/mol. The molecule has 0 fully saturated rings. The van der Waals surface area contributed by atoms with Crippen LogP contribution in [0.25, 0.3) is 0 Å². The molecule has 0 bridgehead atoms. The monoisotopic (exact) mass is 421 g/mol. The summed E-state index contributed by atoms with van der Waals surface area (Å²) in [6, 6.07) is 19.6. The second-order valence-corrected chi connectivity index (χ2v) is 7.49. The van der Waals surface area contributed by atoms with Gasteiger partial charge in [0.1, 0.15) is 23.9 Å². The van der Waals surface area contributed by atoms with E-state index in [1.807, 2.05) is 63.2 Å². The van der Waals surface area contributed by atoms with Gasteiger partial charge in [-0.05, 0) is 72.9 Å². The van der Waals surface area contributed by atoms with Crippen LogP contribution in [0.5, 0.6) is 11.5 Å². The molecule has 1 atom stereocenters. The van der Waals surface area contributed by atoms with Crippen molar-refractivity contribution in [2.24, 2.45) is 0 Å². The average Bonchev–Trinajstić information content (AvgIpc) is 2.79. The molecule has 0 saturated heterocycles. The maximum absolute atomic E-state index is 13.0. The summed E-state index contributed by atoms with van der Waals surface area (Å²) < 4.78 is 24.7. The van der Waals surface area contributed by atoms with Crippen molar-refractivity contribution in [2.75, 3.05) is 0 Å². The normalized spacial score (nSPS) is 11.6. The van der Waals surface area contributed by atoms with Crippen molar-refractivity contribution in [3.63, 3.8) is 0 Å². The number of ether oxygens (including phenoxy) is 2. The van der Waals surface area contributed by atoms with Gasteiger partial charge in [-0.25, -0.2) is 4.39 Å². The number of amides is 1. The van der Waals surface area contributed by atoms with E-state index in [1.54, 1.807) is 12.1 Å². The fourth-order valence-electron chi connectivity index (χ4n) is 3.08. The number of hydrogen-bond acceptors (Lipinski definition) is 3. The van der Waals surface area contributed by atoms with E-state index in [0.717, 1.165) is 28.0 Å². The van der Waals surface area contributed by atoms with Crippen molar-refractivity contribution in [3.05, 3.63) is 94.8 Å². The number of aryl methyl sites for hydroxylation is 1. The van der Waals surface area contributed by atoms with Crippen molar-refractivity contribution < 1.29 is 18.7 Å². The smallest absolute Gasteiger partial charge is 0.261 e. The number of carbonyl (C=O) groups excluding carboxylic acids is 1. The van der Waals surface area contributed by atoms with Gasteiger partial charge in [0.25, 0.3) is 5.91 Å².